The van der Waals surface area contributed by atoms with Crippen LogP contribution in [0.5, 0.6) is 0 Å². The highest BCUT2D eigenvalue weighted by Crippen LogP contribution is 2.36. The number of fused-ring (bicyclic) bond motifs is 1. The predicted octanol–water partition coefficient (Wildman–Crippen LogP) is 1.39. The second kappa shape index (κ2) is 5.84. The zero-order chi connectivity index (χ0) is 15.6. The number of nitrogen functional groups attached to an aromatic ring is 1. The summed E-state index contributed by atoms with van der Waals surface area (Å²) < 4.78 is 36.1. The predicted molar refractivity (Wildman–Crippen MR) is 73.0 cm³/mol. The summed E-state index contributed by atoms with van der Waals surface area (Å²) in [4.78, 5) is 25.3. The van der Waals surface area contributed by atoms with Gasteiger partial charge in [0, 0.05) is 10.6 Å². The fourth-order valence-electron chi connectivity index (χ4n) is 1.79. The summed E-state index contributed by atoms with van der Waals surface area (Å²) in [7, 11) is 0. The number of nitrogens with one attached hydrogen (secondary N) is 1. The molecule has 3 N–H and O–H groups in total. The number of thioether (sulfide) groups is 1. The molecule has 2 rings (SSSR count). The molecule has 0 spiro atoms. The van der Waals surface area contributed by atoms with Gasteiger partial charge < -0.3 is 16.0 Å². The van der Waals surface area contributed by atoms with Crippen LogP contribution in [-0.4, -0.2) is 36.8 Å². The third-order valence-electron chi connectivity index (χ3n) is 2.71. The summed E-state index contributed by atoms with van der Waals surface area (Å²) >= 11 is 1.30. The standard InChI is InChI=1S/C12H12F3N3O2S/c13-12(14,15)6-17-10(19)4-18-8-3-7(16)1-2-9(8)21-5-11(18)20/h1-3H,4-6,16H2,(H,17,19). The van der Waals surface area contributed by atoms with Gasteiger partial charge in [-0.25, -0.2) is 0 Å². The van der Waals surface area contributed by atoms with Crippen molar-refractivity contribution >= 4 is 35.0 Å². The van der Waals surface area contributed by atoms with Gasteiger partial charge in [-0.1, -0.05) is 0 Å². The smallest absolute Gasteiger partial charge is 0.399 e. The van der Waals surface area contributed by atoms with Gasteiger partial charge in [-0.2, -0.15) is 13.2 Å². The maximum Gasteiger partial charge on any atom is 0.405 e. The summed E-state index contributed by atoms with van der Waals surface area (Å²) in [6.07, 6.45) is -4.49. The average Bonchev–Trinajstić information content (AvgIpc) is 2.39. The SMILES string of the molecule is Nc1ccc2c(c1)N(CC(=O)NCC(F)(F)F)C(=O)CS2. The molecule has 114 valence electrons. The summed E-state index contributed by atoms with van der Waals surface area (Å²) in [5, 5.41) is 1.74. The van der Waals surface area contributed by atoms with E-state index >= 15 is 0 Å². The molecule has 2 amide bonds. The number of benzene rings is 1. The van der Waals surface area contributed by atoms with Crippen molar-refractivity contribution in [1.29, 1.82) is 0 Å². The Morgan fingerprint density at radius 1 is 1.43 bits per heavy atom. The minimum absolute atomic E-state index is 0.128. The molecule has 1 aromatic rings. The zero-order valence-corrected chi connectivity index (χ0v) is 11.6. The highest BCUT2D eigenvalue weighted by atomic mass is 32.2. The van der Waals surface area contributed by atoms with Gasteiger partial charge in [0.15, 0.2) is 0 Å². The molecule has 0 bridgehead atoms. The van der Waals surface area contributed by atoms with Crippen LogP contribution in [0.4, 0.5) is 24.5 Å². The first-order valence-corrected chi connectivity index (χ1v) is 6.91. The van der Waals surface area contributed by atoms with Gasteiger partial charge >= 0.3 is 6.18 Å². The molecule has 1 aliphatic rings. The molecule has 0 fully saturated rings. The van der Waals surface area contributed by atoms with Crippen LogP contribution in [0.2, 0.25) is 0 Å². The van der Waals surface area contributed by atoms with Crippen LogP contribution in [0.15, 0.2) is 23.1 Å². The molecule has 0 saturated heterocycles. The Kier molecular flexibility index (Phi) is 4.31. The van der Waals surface area contributed by atoms with Crippen molar-refractivity contribution < 1.29 is 22.8 Å². The minimum Gasteiger partial charge on any atom is -0.399 e. The molecule has 0 unspecified atom stereocenters. The number of rotatable bonds is 3. The number of hydrogen-bond donors (Lipinski definition) is 2. The fraction of sp³-hybridized carbons (Fsp3) is 0.333. The lowest BCUT2D eigenvalue weighted by molar-refractivity contribution is -0.137. The Bertz CT molecular complexity index is 577. The van der Waals surface area contributed by atoms with Gasteiger partial charge in [0.2, 0.25) is 11.8 Å². The maximum atomic E-state index is 12.0. The lowest BCUT2D eigenvalue weighted by Crippen LogP contribution is -2.45. The second-order valence-corrected chi connectivity index (χ2v) is 5.40. The van der Waals surface area contributed by atoms with E-state index in [9.17, 15) is 22.8 Å². The quantitative estimate of drug-likeness (QED) is 0.826. The Morgan fingerprint density at radius 3 is 2.81 bits per heavy atom. The highest BCUT2D eigenvalue weighted by molar-refractivity contribution is 8.00. The number of halogens is 3. The van der Waals surface area contributed by atoms with E-state index in [4.69, 9.17) is 5.73 Å². The van der Waals surface area contributed by atoms with Crippen LogP contribution in [0, 0.1) is 0 Å². The number of anilines is 2. The third-order valence-corrected chi connectivity index (χ3v) is 3.76. The van der Waals surface area contributed by atoms with E-state index in [-0.39, 0.29) is 11.7 Å². The maximum absolute atomic E-state index is 12.0. The number of nitrogens with two attached hydrogens (primary N) is 1. The van der Waals surface area contributed by atoms with Crippen molar-refractivity contribution in [2.24, 2.45) is 0 Å². The van der Waals surface area contributed by atoms with E-state index in [1.807, 2.05) is 0 Å². The molecule has 0 radical (unpaired) electrons. The number of nitrogens with zero attached hydrogens (tertiary/aromatic N) is 1. The molecular formula is C12H12F3N3O2S. The molecule has 9 heteroatoms. The Labute approximate surface area is 122 Å². The Hall–Kier alpha value is -1.90. The van der Waals surface area contributed by atoms with E-state index in [1.165, 1.54) is 17.8 Å². The third kappa shape index (κ3) is 4.03. The van der Waals surface area contributed by atoms with Crippen LogP contribution in [0.1, 0.15) is 0 Å². The zero-order valence-electron chi connectivity index (χ0n) is 10.7. The lowest BCUT2D eigenvalue weighted by Gasteiger charge is -2.28. The van der Waals surface area contributed by atoms with Crippen molar-refractivity contribution in [3.05, 3.63) is 18.2 Å². The first-order valence-electron chi connectivity index (χ1n) is 5.92. The monoisotopic (exact) mass is 319 g/mol. The van der Waals surface area contributed by atoms with E-state index in [0.29, 0.717) is 11.4 Å². The normalized spacial score (nSPS) is 14.8. The number of hydrogen-bond acceptors (Lipinski definition) is 4. The minimum atomic E-state index is -4.49. The Balaban J connectivity index is 2.11. The molecule has 0 aromatic heterocycles. The molecule has 1 heterocycles. The topological polar surface area (TPSA) is 75.4 Å². The first kappa shape index (κ1) is 15.5. The summed E-state index contributed by atoms with van der Waals surface area (Å²) in [5.41, 5.74) is 6.49. The van der Waals surface area contributed by atoms with E-state index in [1.54, 1.807) is 17.4 Å². The first-order chi connectivity index (χ1) is 9.76. The number of amides is 2. The van der Waals surface area contributed by atoms with Crippen LogP contribution in [0.25, 0.3) is 0 Å². The van der Waals surface area contributed by atoms with Crippen molar-refractivity contribution in [1.82, 2.24) is 5.32 Å². The van der Waals surface area contributed by atoms with Crippen molar-refractivity contribution in [3.63, 3.8) is 0 Å². The molecule has 0 aliphatic carbocycles. The van der Waals surface area contributed by atoms with Gasteiger partial charge in [-0.15, -0.1) is 11.8 Å². The van der Waals surface area contributed by atoms with Crippen molar-refractivity contribution in [3.8, 4) is 0 Å². The fourth-order valence-corrected chi connectivity index (χ4v) is 2.71. The van der Waals surface area contributed by atoms with Crippen LogP contribution in [-0.2, 0) is 9.59 Å². The van der Waals surface area contributed by atoms with Gasteiger partial charge in [-0.05, 0) is 18.2 Å². The largest absolute Gasteiger partial charge is 0.405 e. The van der Waals surface area contributed by atoms with E-state index in [0.717, 1.165) is 9.80 Å². The van der Waals surface area contributed by atoms with Crippen molar-refractivity contribution in [2.75, 3.05) is 29.5 Å². The van der Waals surface area contributed by atoms with Gasteiger partial charge in [-0.3, -0.25) is 9.59 Å². The number of carbonyl (C=O) groups is 2. The van der Waals surface area contributed by atoms with Crippen LogP contribution < -0.4 is 16.0 Å². The number of alkyl halides is 3. The van der Waals surface area contributed by atoms with Gasteiger partial charge in [0.25, 0.3) is 0 Å². The summed E-state index contributed by atoms with van der Waals surface area (Å²) in [6.45, 7) is -1.89. The van der Waals surface area contributed by atoms with E-state index < -0.39 is 25.2 Å². The molecule has 21 heavy (non-hydrogen) atoms. The van der Waals surface area contributed by atoms with Crippen LogP contribution >= 0.6 is 11.8 Å². The average molecular weight is 319 g/mol. The molecule has 5 nitrogen and oxygen atoms in total. The summed E-state index contributed by atoms with van der Waals surface area (Å²) in [6, 6.07) is 4.89. The molecule has 0 saturated carbocycles. The second-order valence-electron chi connectivity index (χ2n) is 4.39. The highest BCUT2D eigenvalue weighted by Gasteiger charge is 2.30. The number of carbonyl (C=O) groups excluding carboxylic acids is 2. The molecule has 0 atom stereocenters. The van der Waals surface area contributed by atoms with Crippen LogP contribution in [0.3, 0.4) is 0 Å². The summed E-state index contributed by atoms with van der Waals surface area (Å²) in [5.74, 6) is -1.09. The van der Waals surface area contributed by atoms with Gasteiger partial charge in [0.05, 0.1) is 11.4 Å². The van der Waals surface area contributed by atoms with E-state index in [2.05, 4.69) is 0 Å². The van der Waals surface area contributed by atoms with Gasteiger partial charge in [0.1, 0.15) is 13.1 Å². The van der Waals surface area contributed by atoms with Crippen molar-refractivity contribution in [2.45, 2.75) is 11.1 Å². The molecule has 1 aromatic carbocycles. The Morgan fingerprint density at radius 2 is 2.14 bits per heavy atom. The lowest BCUT2D eigenvalue weighted by atomic mass is 10.2. The molecular weight excluding hydrogens is 307 g/mol. The molecule has 1 aliphatic heterocycles.